The van der Waals surface area contributed by atoms with Gasteiger partial charge in [-0.2, -0.15) is 5.10 Å². The Kier molecular flexibility index (Phi) is 8.15. The summed E-state index contributed by atoms with van der Waals surface area (Å²) in [6, 6.07) is 14.4. The van der Waals surface area contributed by atoms with Crippen LogP contribution in [0.2, 0.25) is 0 Å². The topological polar surface area (TPSA) is 125 Å². The molecule has 5 heterocycles. The number of rotatable bonds is 12. The molecule has 11 nitrogen and oxygen atoms in total. The van der Waals surface area contributed by atoms with Crippen LogP contribution in [-0.4, -0.2) is 82.2 Å². The first-order valence-electron chi connectivity index (χ1n) is 14.0. The largest absolute Gasteiger partial charge is 0.493 e. The van der Waals surface area contributed by atoms with E-state index in [0.717, 1.165) is 65.9 Å². The van der Waals surface area contributed by atoms with Gasteiger partial charge in [0.25, 0.3) is 0 Å². The van der Waals surface area contributed by atoms with Crippen LogP contribution < -0.4 is 15.5 Å². The lowest BCUT2D eigenvalue weighted by molar-refractivity contribution is -0.0582. The summed E-state index contributed by atoms with van der Waals surface area (Å²) in [5, 5.41) is 15.0. The minimum atomic E-state index is 0.579. The number of hydrogen-bond donors (Lipinski definition) is 3. The van der Waals surface area contributed by atoms with E-state index in [2.05, 4.69) is 35.7 Å². The van der Waals surface area contributed by atoms with Crippen molar-refractivity contribution in [1.82, 2.24) is 29.7 Å². The molecule has 0 aliphatic carbocycles. The highest BCUT2D eigenvalue weighted by atomic mass is 16.5. The van der Waals surface area contributed by atoms with E-state index in [9.17, 15) is 0 Å². The first-order valence-corrected chi connectivity index (χ1v) is 14.0. The molecule has 1 unspecified atom stereocenters. The standard InChI is InChI=1S/C30H35N9O2/c1-32-37-27(14-31)23-4-2-21(3-5-23)15-33-29-13-26(35-20-36-29)28-16-34-30-12-25(7-10-39(28)30)41-11-8-22-6-9-38(17-22)24-18-40-19-24/h2-5,7,10,12-14,16,20,22,24,31-32H,6,8-9,11,15,17-19H2,1H3,(H,33,35,36)/b31-14?,37-27+. The van der Waals surface area contributed by atoms with E-state index in [-0.39, 0.29) is 0 Å². The molecular weight excluding hydrogens is 518 g/mol. The number of nitrogens with zero attached hydrogens (tertiary/aromatic N) is 6. The van der Waals surface area contributed by atoms with Crippen LogP contribution in [-0.2, 0) is 11.3 Å². The zero-order valence-corrected chi connectivity index (χ0v) is 23.2. The van der Waals surface area contributed by atoms with Gasteiger partial charge in [0.2, 0.25) is 0 Å². The lowest BCUT2D eigenvalue weighted by Crippen LogP contribution is -2.47. The first-order chi connectivity index (χ1) is 20.2. The predicted octanol–water partition coefficient (Wildman–Crippen LogP) is 3.47. The maximum absolute atomic E-state index is 7.53. The molecule has 212 valence electrons. The highest BCUT2D eigenvalue weighted by molar-refractivity contribution is 6.37. The summed E-state index contributed by atoms with van der Waals surface area (Å²) < 4.78 is 13.5. The lowest BCUT2D eigenvalue weighted by Gasteiger charge is -2.34. The molecule has 2 fully saturated rings. The van der Waals surface area contributed by atoms with Crippen molar-refractivity contribution in [3.05, 3.63) is 72.3 Å². The summed E-state index contributed by atoms with van der Waals surface area (Å²) in [4.78, 5) is 16.1. The monoisotopic (exact) mass is 553 g/mol. The Morgan fingerprint density at radius 1 is 1.17 bits per heavy atom. The number of anilines is 1. The Hall–Kier alpha value is -4.35. The van der Waals surface area contributed by atoms with Gasteiger partial charge in [0.1, 0.15) is 29.3 Å². The van der Waals surface area contributed by atoms with Gasteiger partial charge in [0, 0.05) is 50.2 Å². The van der Waals surface area contributed by atoms with Gasteiger partial charge in [0.15, 0.2) is 0 Å². The molecule has 2 aliphatic heterocycles. The molecule has 1 aromatic carbocycles. The average molecular weight is 554 g/mol. The first kappa shape index (κ1) is 26.9. The second-order valence-corrected chi connectivity index (χ2v) is 10.4. The molecule has 6 rings (SSSR count). The Morgan fingerprint density at radius 3 is 2.83 bits per heavy atom. The third-order valence-corrected chi connectivity index (χ3v) is 7.76. The number of nitrogens with one attached hydrogen (secondary N) is 3. The number of pyridine rings is 1. The molecule has 1 atom stereocenters. The van der Waals surface area contributed by atoms with Gasteiger partial charge in [-0.1, -0.05) is 24.3 Å². The van der Waals surface area contributed by atoms with Gasteiger partial charge in [-0.3, -0.25) is 9.30 Å². The molecule has 11 heteroatoms. The summed E-state index contributed by atoms with van der Waals surface area (Å²) in [6.07, 6.45) is 8.90. The normalized spacial score (nSPS) is 17.9. The van der Waals surface area contributed by atoms with Crippen LogP contribution in [0.25, 0.3) is 17.0 Å². The molecule has 0 radical (unpaired) electrons. The smallest absolute Gasteiger partial charge is 0.140 e. The van der Waals surface area contributed by atoms with Crippen LogP contribution >= 0.6 is 0 Å². The number of aromatic nitrogens is 4. The van der Waals surface area contributed by atoms with Crippen molar-refractivity contribution >= 4 is 23.4 Å². The number of hydrazone groups is 1. The van der Waals surface area contributed by atoms with E-state index in [1.807, 2.05) is 59.3 Å². The van der Waals surface area contributed by atoms with Crippen LogP contribution in [0.4, 0.5) is 5.82 Å². The highest BCUT2D eigenvalue weighted by Gasteiger charge is 2.32. The minimum absolute atomic E-state index is 0.579. The second-order valence-electron chi connectivity index (χ2n) is 10.4. The summed E-state index contributed by atoms with van der Waals surface area (Å²) in [7, 11) is 1.72. The Labute approximate surface area is 239 Å². The maximum Gasteiger partial charge on any atom is 0.140 e. The van der Waals surface area contributed by atoms with E-state index >= 15 is 0 Å². The molecular formula is C30H35N9O2. The predicted molar refractivity (Wildman–Crippen MR) is 159 cm³/mol. The molecule has 3 N–H and O–H groups in total. The molecule has 0 amide bonds. The zero-order valence-electron chi connectivity index (χ0n) is 23.2. The summed E-state index contributed by atoms with van der Waals surface area (Å²) in [5.74, 6) is 2.24. The van der Waals surface area contributed by atoms with Crippen molar-refractivity contribution in [2.24, 2.45) is 11.0 Å². The van der Waals surface area contributed by atoms with Crippen molar-refractivity contribution in [1.29, 1.82) is 5.41 Å². The van der Waals surface area contributed by atoms with Gasteiger partial charge in [0.05, 0.1) is 43.4 Å². The molecule has 3 aromatic heterocycles. The van der Waals surface area contributed by atoms with E-state index in [1.165, 1.54) is 19.2 Å². The van der Waals surface area contributed by atoms with Crippen LogP contribution in [0.3, 0.4) is 0 Å². The van der Waals surface area contributed by atoms with Crippen LogP contribution in [0.15, 0.2) is 66.3 Å². The van der Waals surface area contributed by atoms with Gasteiger partial charge in [-0.15, -0.1) is 0 Å². The van der Waals surface area contributed by atoms with Gasteiger partial charge >= 0.3 is 0 Å². The number of fused-ring (bicyclic) bond motifs is 1. The SMILES string of the molecule is CN/N=C(\C=N)c1ccc(CNc2cc(-c3cnc4cc(OCCC5CCN(C6COC6)C5)ccn34)ncn2)cc1. The quantitative estimate of drug-likeness (QED) is 0.180. The molecule has 2 aliphatic rings. The number of hydrogen-bond acceptors (Lipinski definition) is 10. The highest BCUT2D eigenvalue weighted by Crippen LogP contribution is 2.26. The third kappa shape index (κ3) is 6.21. The van der Waals surface area contributed by atoms with Gasteiger partial charge in [-0.25, -0.2) is 15.0 Å². The summed E-state index contributed by atoms with van der Waals surface area (Å²) >= 11 is 0. The molecule has 0 spiro atoms. The van der Waals surface area contributed by atoms with E-state index in [4.69, 9.17) is 14.9 Å². The van der Waals surface area contributed by atoms with Gasteiger partial charge in [-0.05, 0) is 36.9 Å². The Morgan fingerprint density at radius 2 is 2.05 bits per heavy atom. The minimum Gasteiger partial charge on any atom is -0.493 e. The van der Waals surface area contributed by atoms with Crippen LogP contribution in [0.5, 0.6) is 5.75 Å². The van der Waals surface area contributed by atoms with Crippen molar-refractivity contribution < 1.29 is 9.47 Å². The Balaban J connectivity index is 1.05. The van der Waals surface area contributed by atoms with Crippen molar-refractivity contribution in [2.75, 3.05) is 45.3 Å². The summed E-state index contributed by atoms with van der Waals surface area (Å²) in [5.41, 5.74) is 7.75. The number of benzene rings is 1. The van der Waals surface area contributed by atoms with Crippen LogP contribution in [0, 0.1) is 11.3 Å². The maximum atomic E-state index is 7.53. The molecule has 2 saturated heterocycles. The number of likely N-dealkylation sites (tertiary alicyclic amines) is 1. The fraction of sp³-hybridized carbons (Fsp3) is 0.367. The molecule has 41 heavy (non-hydrogen) atoms. The van der Waals surface area contributed by atoms with Gasteiger partial charge < -0.3 is 25.6 Å². The van der Waals surface area contributed by atoms with E-state index < -0.39 is 0 Å². The zero-order chi connectivity index (χ0) is 28.0. The van der Waals surface area contributed by atoms with Crippen molar-refractivity contribution in [2.45, 2.75) is 25.4 Å². The van der Waals surface area contributed by atoms with E-state index in [0.29, 0.717) is 30.8 Å². The van der Waals surface area contributed by atoms with Crippen LogP contribution in [0.1, 0.15) is 24.0 Å². The fourth-order valence-corrected chi connectivity index (χ4v) is 5.33. The average Bonchev–Trinajstić information content (AvgIpc) is 3.61. The fourth-order valence-electron chi connectivity index (χ4n) is 5.33. The van der Waals surface area contributed by atoms with Crippen molar-refractivity contribution in [3.63, 3.8) is 0 Å². The third-order valence-electron chi connectivity index (χ3n) is 7.76. The number of ether oxygens (including phenoxy) is 2. The Bertz CT molecular complexity index is 1510. The van der Waals surface area contributed by atoms with E-state index in [1.54, 1.807) is 13.4 Å². The summed E-state index contributed by atoms with van der Waals surface area (Å²) in [6.45, 7) is 5.41. The molecule has 4 aromatic rings. The molecule has 0 bridgehead atoms. The lowest BCUT2D eigenvalue weighted by atomic mass is 10.1. The number of imidazole rings is 1. The molecule has 0 saturated carbocycles. The second kappa shape index (κ2) is 12.4. The van der Waals surface area contributed by atoms with Crippen molar-refractivity contribution in [3.8, 4) is 17.1 Å².